The molecule has 154 valence electrons. The fourth-order valence-corrected chi connectivity index (χ4v) is 3.51. The van der Waals surface area contributed by atoms with Crippen LogP contribution in [0.5, 0.6) is 0 Å². The van der Waals surface area contributed by atoms with Gasteiger partial charge < -0.3 is 19.5 Å². The first kappa shape index (κ1) is 22.1. The van der Waals surface area contributed by atoms with Crippen molar-refractivity contribution < 1.29 is 18.3 Å². The number of ether oxygens (including phenoxy) is 1. The summed E-state index contributed by atoms with van der Waals surface area (Å²) in [5.41, 5.74) is -1.10. The van der Waals surface area contributed by atoms with Crippen molar-refractivity contribution >= 4 is 35.0 Å². The molecule has 6 nitrogen and oxygen atoms in total. The highest BCUT2D eigenvalue weighted by Gasteiger charge is 2.27. The Morgan fingerprint density at radius 1 is 1.36 bits per heavy atom. The van der Waals surface area contributed by atoms with E-state index in [0.717, 1.165) is 6.07 Å². The number of anilines is 1. The Labute approximate surface area is 167 Å². The normalized spacial score (nSPS) is 16.8. The van der Waals surface area contributed by atoms with Crippen LogP contribution >= 0.6 is 12.4 Å². The van der Waals surface area contributed by atoms with E-state index in [1.165, 1.54) is 10.8 Å². The predicted molar refractivity (Wildman–Crippen MR) is 107 cm³/mol. The third kappa shape index (κ3) is 3.84. The number of carbonyl (C=O) groups excluding carboxylic acids is 1. The molecule has 2 aromatic rings. The molecule has 1 atom stereocenters. The average molecular weight is 416 g/mol. The maximum absolute atomic E-state index is 15.4. The molecule has 0 bridgehead atoms. The largest absolute Gasteiger partial charge is 0.462 e. The highest BCUT2D eigenvalue weighted by molar-refractivity contribution is 5.94. The molecule has 0 spiro atoms. The van der Waals surface area contributed by atoms with Gasteiger partial charge in [0.25, 0.3) is 0 Å². The number of hydrogen-bond acceptors (Lipinski definition) is 5. The molecule has 3 rings (SSSR count). The lowest BCUT2D eigenvalue weighted by molar-refractivity contribution is 0.0524. The van der Waals surface area contributed by atoms with Crippen molar-refractivity contribution in [2.45, 2.75) is 33.4 Å². The number of carbonyl (C=O) groups is 1. The molecule has 0 aliphatic carbocycles. The molecule has 1 saturated heterocycles. The van der Waals surface area contributed by atoms with Crippen molar-refractivity contribution in [3.8, 4) is 0 Å². The maximum atomic E-state index is 15.4. The van der Waals surface area contributed by atoms with E-state index in [0.29, 0.717) is 26.2 Å². The molecular formula is C19H24ClF2N3O3. The van der Waals surface area contributed by atoms with Gasteiger partial charge >= 0.3 is 5.97 Å². The van der Waals surface area contributed by atoms with E-state index in [4.69, 9.17) is 4.74 Å². The lowest BCUT2D eigenvalue weighted by Crippen LogP contribution is -2.49. The second-order valence-corrected chi connectivity index (χ2v) is 6.60. The second-order valence-electron chi connectivity index (χ2n) is 6.60. The summed E-state index contributed by atoms with van der Waals surface area (Å²) in [7, 11) is 0. The number of nitrogens with zero attached hydrogens (tertiary/aromatic N) is 2. The van der Waals surface area contributed by atoms with Crippen LogP contribution in [0.25, 0.3) is 10.9 Å². The fraction of sp³-hybridized carbons (Fsp3) is 0.474. The molecule has 0 saturated carbocycles. The van der Waals surface area contributed by atoms with Crippen molar-refractivity contribution in [2.24, 2.45) is 0 Å². The highest BCUT2D eigenvalue weighted by Crippen LogP contribution is 2.30. The first-order valence-corrected chi connectivity index (χ1v) is 9.09. The lowest BCUT2D eigenvalue weighted by atomic mass is 10.1. The van der Waals surface area contributed by atoms with Crippen molar-refractivity contribution in [1.82, 2.24) is 9.88 Å². The van der Waals surface area contributed by atoms with Gasteiger partial charge in [-0.1, -0.05) is 0 Å². The van der Waals surface area contributed by atoms with Crippen LogP contribution in [-0.2, 0) is 11.3 Å². The number of benzene rings is 1. The number of aromatic nitrogens is 1. The SMILES string of the molecule is CCOC(=O)c1cn(CC)c2c(F)c(N3CCNC(C)C3)c(F)cc2c1=O.Cl. The van der Waals surface area contributed by atoms with Gasteiger partial charge in [0.15, 0.2) is 5.82 Å². The molecule has 2 heterocycles. The van der Waals surface area contributed by atoms with E-state index in [-0.39, 0.29) is 47.2 Å². The van der Waals surface area contributed by atoms with Crippen LogP contribution in [-0.4, -0.2) is 42.8 Å². The zero-order chi connectivity index (χ0) is 19.7. The van der Waals surface area contributed by atoms with E-state index in [9.17, 15) is 14.0 Å². The van der Waals surface area contributed by atoms with E-state index in [1.54, 1.807) is 18.7 Å². The van der Waals surface area contributed by atoms with E-state index < -0.39 is 23.0 Å². The third-order valence-corrected chi connectivity index (χ3v) is 4.75. The van der Waals surface area contributed by atoms with Gasteiger partial charge in [-0.2, -0.15) is 0 Å². The summed E-state index contributed by atoms with van der Waals surface area (Å²) >= 11 is 0. The molecule has 1 unspecified atom stereocenters. The standard InChI is InChI=1S/C19H23F2N3O3.ClH/c1-4-23-10-13(19(26)27-5-2)18(25)12-8-14(20)17(15(21)16(12)23)24-7-6-22-11(3)9-24;/h8,10-11,22H,4-7,9H2,1-3H3;1H. The summed E-state index contributed by atoms with van der Waals surface area (Å²) in [4.78, 5) is 26.4. The first-order chi connectivity index (χ1) is 12.9. The number of fused-ring (bicyclic) bond motifs is 1. The summed E-state index contributed by atoms with van der Waals surface area (Å²) in [5, 5.41) is 3.07. The number of rotatable bonds is 4. The number of pyridine rings is 1. The molecule has 1 aliphatic heterocycles. The van der Waals surface area contributed by atoms with Crippen LogP contribution in [0.15, 0.2) is 17.1 Å². The number of aryl methyl sites for hydroxylation is 1. The summed E-state index contributed by atoms with van der Waals surface area (Å²) in [6.07, 6.45) is 1.29. The minimum atomic E-state index is -0.810. The molecular weight excluding hydrogens is 392 g/mol. The molecule has 9 heteroatoms. The predicted octanol–water partition coefficient (Wildman–Crippen LogP) is 2.70. The number of halogens is 3. The Hall–Kier alpha value is -2.19. The minimum absolute atomic E-state index is 0. The van der Waals surface area contributed by atoms with Gasteiger partial charge in [-0.15, -0.1) is 12.4 Å². The zero-order valence-corrected chi connectivity index (χ0v) is 16.9. The quantitative estimate of drug-likeness (QED) is 0.778. The van der Waals surface area contributed by atoms with Crippen molar-refractivity contribution in [2.75, 3.05) is 31.1 Å². The average Bonchev–Trinajstić information content (AvgIpc) is 2.62. The Morgan fingerprint density at radius 2 is 2.07 bits per heavy atom. The first-order valence-electron chi connectivity index (χ1n) is 9.09. The van der Waals surface area contributed by atoms with Crippen LogP contribution in [0.4, 0.5) is 14.5 Å². The Morgan fingerprint density at radius 3 is 2.68 bits per heavy atom. The van der Waals surface area contributed by atoms with Gasteiger partial charge in [0.2, 0.25) is 5.43 Å². The van der Waals surface area contributed by atoms with Crippen molar-refractivity contribution in [3.05, 3.63) is 39.7 Å². The number of piperazine rings is 1. The summed E-state index contributed by atoms with van der Waals surface area (Å²) in [6, 6.07) is 1.12. The topological polar surface area (TPSA) is 63.6 Å². The molecule has 1 aromatic carbocycles. The Balaban J connectivity index is 0.00000280. The summed E-state index contributed by atoms with van der Waals surface area (Å²) in [6.45, 7) is 7.26. The van der Waals surface area contributed by atoms with Crippen LogP contribution in [0.1, 0.15) is 31.1 Å². The fourth-order valence-electron chi connectivity index (χ4n) is 3.51. The maximum Gasteiger partial charge on any atom is 0.343 e. The van der Waals surface area contributed by atoms with Gasteiger partial charge in [0.1, 0.15) is 17.1 Å². The Kier molecular flexibility index (Phi) is 7.01. The van der Waals surface area contributed by atoms with Crippen LogP contribution in [0, 0.1) is 11.6 Å². The Bertz CT molecular complexity index is 948. The number of hydrogen-bond donors (Lipinski definition) is 1. The molecule has 28 heavy (non-hydrogen) atoms. The van der Waals surface area contributed by atoms with Crippen LogP contribution in [0.3, 0.4) is 0 Å². The highest BCUT2D eigenvalue weighted by atomic mass is 35.5. The third-order valence-electron chi connectivity index (χ3n) is 4.75. The van der Waals surface area contributed by atoms with Crippen LogP contribution < -0.4 is 15.6 Å². The molecule has 1 fully saturated rings. The second kappa shape index (κ2) is 8.87. The van der Waals surface area contributed by atoms with Gasteiger partial charge in [0.05, 0.1) is 17.5 Å². The monoisotopic (exact) mass is 415 g/mol. The van der Waals surface area contributed by atoms with Gasteiger partial charge in [-0.05, 0) is 26.8 Å². The summed E-state index contributed by atoms with van der Waals surface area (Å²) in [5.74, 6) is -2.39. The molecule has 0 radical (unpaired) electrons. The van der Waals surface area contributed by atoms with E-state index >= 15 is 4.39 Å². The van der Waals surface area contributed by atoms with Gasteiger partial charge in [0, 0.05) is 38.4 Å². The number of nitrogens with one attached hydrogen (secondary N) is 1. The molecule has 1 aromatic heterocycles. The van der Waals surface area contributed by atoms with E-state index in [2.05, 4.69) is 5.32 Å². The van der Waals surface area contributed by atoms with Crippen molar-refractivity contribution in [3.63, 3.8) is 0 Å². The van der Waals surface area contributed by atoms with Crippen LogP contribution in [0.2, 0.25) is 0 Å². The minimum Gasteiger partial charge on any atom is -0.462 e. The molecule has 1 aliphatic rings. The van der Waals surface area contributed by atoms with Gasteiger partial charge in [-0.25, -0.2) is 13.6 Å². The van der Waals surface area contributed by atoms with Crippen molar-refractivity contribution in [1.29, 1.82) is 0 Å². The zero-order valence-electron chi connectivity index (χ0n) is 16.1. The molecule has 0 amide bonds. The van der Waals surface area contributed by atoms with Gasteiger partial charge in [-0.3, -0.25) is 4.79 Å². The number of esters is 1. The lowest BCUT2D eigenvalue weighted by Gasteiger charge is -2.34. The van der Waals surface area contributed by atoms with E-state index in [1.807, 2.05) is 6.92 Å². The smallest absolute Gasteiger partial charge is 0.343 e. The summed E-state index contributed by atoms with van der Waals surface area (Å²) < 4.78 is 36.5. The molecule has 1 N–H and O–H groups in total.